The molecule has 5 heteroatoms. The summed E-state index contributed by atoms with van der Waals surface area (Å²) in [5.41, 5.74) is 6.30. The van der Waals surface area contributed by atoms with Gasteiger partial charge in [-0.15, -0.1) is 0 Å². The molecule has 1 aromatic rings. The van der Waals surface area contributed by atoms with Crippen LogP contribution < -0.4 is 10.5 Å². The van der Waals surface area contributed by atoms with E-state index < -0.39 is 0 Å². The molecule has 1 aliphatic rings. The first-order valence-corrected chi connectivity index (χ1v) is 5.86. The Morgan fingerprint density at radius 2 is 2.06 bits per heavy atom. The molecule has 0 atom stereocenters. The normalized spacial score (nSPS) is 18.4. The second-order valence-corrected chi connectivity index (χ2v) is 4.56. The molecule has 0 aromatic carbocycles. The SMILES string of the molecule is N#Cc1cnc(OCC2(N)CCCCC2)cn1. The number of ether oxygens (including phenoxy) is 1. The zero-order chi connectivity index (χ0) is 12.1. The second-order valence-electron chi connectivity index (χ2n) is 4.56. The summed E-state index contributed by atoms with van der Waals surface area (Å²) in [6.45, 7) is 0.466. The van der Waals surface area contributed by atoms with Crippen LogP contribution >= 0.6 is 0 Å². The van der Waals surface area contributed by atoms with E-state index in [0.29, 0.717) is 12.5 Å². The lowest BCUT2D eigenvalue weighted by Gasteiger charge is -2.32. The average molecular weight is 232 g/mol. The van der Waals surface area contributed by atoms with Crippen molar-refractivity contribution in [2.24, 2.45) is 5.73 Å². The Morgan fingerprint density at radius 3 is 2.65 bits per heavy atom. The van der Waals surface area contributed by atoms with Crippen LogP contribution in [0.15, 0.2) is 12.4 Å². The largest absolute Gasteiger partial charge is 0.475 e. The van der Waals surface area contributed by atoms with Gasteiger partial charge in [-0.2, -0.15) is 5.26 Å². The van der Waals surface area contributed by atoms with Crippen LogP contribution in [0.2, 0.25) is 0 Å². The molecule has 0 spiro atoms. The number of aromatic nitrogens is 2. The van der Waals surface area contributed by atoms with Gasteiger partial charge < -0.3 is 10.5 Å². The maximum Gasteiger partial charge on any atom is 0.232 e. The smallest absolute Gasteiger partial charge is 0.232 e. The molecular formula is C12H16N4O. The van der Waals surface area contributed by atoms with Gasteiger partial charge in [0.2, 0.25) is 5.88 Å². The van der Waals surface area contributed by atoms with Gasteiger partial charge in [0.1, 0.15) is 12.7 Å². The van der Waals surface area contributed by atoms with E-state index in [1.807, 2.05) is 6.07 Å². The van der Waals surface area contributed by atoms with Crippen LogP contribution in [-0.2, 0) is 0 Å². The topological polar surface area (TPSA) is 84.8 Å². The van der Waals surface area contributed by atoms with Crippen LogP contribution in [-0.4, -0.2) is 22.1 Å². The summed E-state index contributed by atoms with van der Waals surface area (Å²) in [5, 5.41) is 8.59. The molecule has 0 amide bonds. The van der Waals surface area contributed by atoms with E-state index in [0.717, 1.165) is 12.8 Å². The molecule has 2 N–H and O–H groups in total. The van der Waals surface area contributed by atoms with Crippen molar-refractivity contribution in [2.45, 2.75) is 37.6 Å². The Hall–Kier alpha value is -1.67. The summed E-state index contributed by atoms with van der Waals surface area (Å²) in [4.78, 5) is 7.90. The van der Waals surface area contributed by atoms with Gasteiger partial charge in [-0.1, -0.05) is 19.3 Å². The lowest BCUT2D eigenvalue weighted by Crippen LogP contribution is -2.47. The number of hydrogen-bond acceptors (Lipinski definition) is 5. The van der Waals surface area contributed by atoms with Gasteiger partial charge >= 0.3 is 0 Å². The van der Waals surface area contributed by atoms with E-state index >= 15 is 0 Å². The van der Waals surface area contributed by atoms with E-state index in [2.05, 4.69) is 9.97 Å². The van der Waals surface area contributed by atoms with Crippen molar-refractivity contribution in [3.63, 3.8) is 0 Å². The molecule has 0 saturated heterocycles. The van der Waals surface area contributed by atoms with E-state index in [-0.39, 0.29) is 11.2 Å². The molecule has 0 bridgehead atoms. The Bertz CT molecular complexity index is 404. The summed E-state index contributed by atoms with van der Waals surface area (Å²) in [7, 11) is 0. The molecule has 1 saturated carbocycles. The minimum Gasteiger partial charge on any atom is -0.475 e. The Kier molecular flexibility index (Phi) is 3.55. The third-order valence-corrected chi connectivity index (χ3v) is 3.10. The molecule has 1 aromatic heterocycles. The lowest BCUT2D eigenvalue weighted by molar-refractivity contribution is 0.168. The molecular weight excluding hydrogens is 216 g/mol. The van der Waals surface area contributed by atoms with Crippen LogP contribution in [0.25, 0.3) is 0 Å². The summed E-state index contributed by atoms with van der Waals surface area (Å²) in [6, 6.07) is 1.91. The minimum absolute atomic E-state index is 0.228. The highest BCUT2D eigenvalue weighted by Crippen LogP contribution is 2.26. The standard InChI is InChI=1S/C12H16N4O/c13-6-10-7-16-11(8-15-10)17-9-12(14)4-2-1-3-5-12/h7-8H,1-5,9,14H2. The van der Waals surface area contributed by atoms with Gasteiger partial charge in [0.05, 0.1) is 17.9 Å². The number of nitriles is 1. The monoisotopic (exact) mass is 232 g/mol. The van der Waals surface area contributed by atoms with Crippen LogP contribution in [0, 0.1) is 11.3 Å². The van der Waals surface area contributed by atoms with Crippen molar-refractivity contribution in [1.29, 1.82) is 5.26 Å². The molecule has 2 rings (SSSR count). The third-order valence-electron chi connectivity index (χ3n) is 3.10. The van der Waals surface area contributed by atoms with Crippen molar-refractivity contribution in [3.8, 4) is 11.9 Å². The molecule has 0 unspecified atom stereocenters. The summed E-state index contributed by atoms with van der Waals surface area (Å²) in [5.74, 6) is 0.430. The third kappa shape index (κ3) is 3.14. The van der Waals surface area contributed by atoms with E-state index in [9.17, 15) is 0 Å². The van der Waals surface area contributed by atoms with Gasteiger partial charge in [-0.05, 0) is 12.8 Å². The molecule has 17 heavy (non-hydrogen) atoms. The van der Waals surface area contributed by atoms with Gasteiger partial charge in [0.25, 0.3) is 0 Å². The fourth-order valence-corrected chi connectivity index (χ4v) is 2.07. The molecule has 1 heterocycles. The molecule has 1 aliphatic carbocycles. The van der Waals surface area contributed by atoms with Crippen molar-refractivity contribution in [1.82, 2.24) is 9.97 Å². The number of hydrogen-bond donors (Lipinski definition) is 1. The first-order chi connectivity index (χ1) is 8.22. The Morgan fingerprint density at radius 1 is 1.29 bits per heavy atom. The van der Waals surface area contributed by atoms with Gasteiger partial charge in [-0.25, -0.2) is 9.97 Å². The van der Waals surface area contributed by atoms with Gasteiger partial charge in [-0.3, -0.25) is 0 Å². The van der Waals surface area contributed by atoms with Crippen LogP contribution in [0.1, 0.15) is 37.8 Å². The Labute approximate surface area is 101 Å². The van der Waals surface area contributed by atoms with E-state index in [4.69, 9.17) is 15.7 Å². The Balaban J connectivity index is 1.90. The van der Waals surface area contributed by atoms with Crippen molar-refractivity contribution < 1.29 is 4.74 Å². The quantitative estimate of drug-likeness (QED) is 0.851. The fraction of sp³-hybridized carbons (Fsp3) is 0.583. The van der Waals surface area contributed by atoms with Crippen molar-refractivity contribution in [2.75, 3.05) is 6.61 Å². The van der Waals surface area contributed by atoms with E-state index in [1.54, 1.807) is 0 Å². The predicted octanol–water partition coefficient (Wildman–Crippen LogP) is 1.39. The van der Waals surface area contributed by atoms with Crippen LogP contribution in [0.4, 0.5) is 0 Å². The highest BCUT2D eigenvalue weighted by molar-refractivity contribution is 5.18. The molecule has 1 fully saturated rings. The van der Waals surface area contributed by atoms with Crippen LogP contribution in [0.5, 0.6) is 5.88 Å². The maximum absolute atomic E-state index is 8.59. The molecule has 90 valence electrons. The van der Waals surface area contributed by atoms with Crippen LogP contribution in [0.3, 0.4) is 0 Å². The lowest BCUT2D eigenvalue weighted by atomic mass is 9.83. The number of nitrogens with two attached hydrogens (primary N) is 1. The second kappa shape index (κ2) is 5.11. The van der Waals surface area contributed by atoms with E-state index in [1.165, 1.54) is 31.7 Å². The zero-order valence-electron chi connectivity index (χ0n) is 9.72. The van der Waals surface area contributed by atoms with Gasteiger partial charge in [0.15, 0.2) is 5.69 Å². The number of nitrogens with zero attached hydrogens (tertiary/aromatic N) is 3. The molecule has 0 aliphatic heterocycles. The number of rotatable bonds is 3. The first-order valence-electron chi connectivity index (χ1n) is 5.86. The summed E-state index contributed by atoms with van der Waals surface area (Å²) < 4.78 is 5.54. The first kappa shape index (κ1) is 11.8. The van der Waals surface area contributed by atoms with Crippen molar-refractivity contribution >= 4 is 0 Å². The molecule has 5 nitrogen and oxygen atoms in total. The van der Waals surface area contributed by atoms with Crippen molar-refractivity contribution in [3.05, 3.63) is 18.1 Å². The average Bonchev–Trinajstić information content (AvgIpc) is 2.38. The fourth-order valence-electron chi connectivity index (χ4n) is 2.07. The zero-order valence-corrected chi connectivity index (χ0v) is 9.72. The predicted molar refractivity (Wildman–Crippen MR) is 62.2 cm³/mol. The maximum atomic E-state index is 8.59. The highest BCUT2D eigenvalue weighted by atomic mass is 16.5. The highest BCUT2D eigenvalue weighted by Gasteiger charge is 2.28. The summed E-state index contributed by atoms with van der Waals surface area (Å²) in [6.07, 6.45) is 8.45. The van der Waals surface area contributed by atoms with Gasteiger partial charge in [0, 0.05) is 0 Å². The minimum atomic E-state index is -0.228. The molecule has 0 radical (unpaired) electrons. The summed E-state index contributed by atoms with van der Waals surface area (Å²) >= 11 is 0.